The van der Waals surface area contributed by atoms with Crippen LogP contribution in [-0.2, 0) is 6.54 Å². The second kappa shape index (κ2) is 10.0. The van der Waals surface area contributed by atoms with E-state index in [1.807, 2.05) is 33.5 Å². The van der Waals surface area contributed by atoms with Crippen molar-refractivity contribution in [1.29, 1.82) is 0 Å². The van der Waals surface area contributed by atoms with Crippen LogP contribution < -0.4 is 19.5 Å². The molecule has 35 heavy (non-hydrogen) atoms. The van der Waals surface area contributed by atoms with Crippen molar-refractivity contribution in [3.8, 4) is 22.9 Å². The number of halogens is 1. The number of benzene rings is 1. The summed E-state index contributed by atoms with van der Waals surface area (Å²) in [7, 11) is 4.75. The standard InChI is InChI=1S/C24H28ClN7O3/c1-33-19-11-17(12-20(34-2)22(19)35-3)31-14-21(26-15-31)27-23-18-8-7-16(32(18)29-24(25)28-23)13-30-9-5-4-6-10-30/h7-8,11-12,14-15H,4-6,9-10,13H2,1-3H3,(H,27,28,29). The maximum absolute atomic E-state index is 6.30. The molecular formula is C24H28ClN7O3. The average Bonchev–Trinajstić information content (AvgIpc) is 3.51. The second-order valence-corrected chi connectivity index (χ2v) is 8.70. The molecule has 0 radical (unpaired) electrons. The fraction of sp³-hybridized carbons (Fsp3) is 0.375. The van der Waals surface area contributed by atoms with Gasteiger partial charge >= 0.3 is 0 Å². The van der Waals surface area contributed by atoms with Crippen molar-refractivity contribution in [3.63, 3.8) is 0 Å². The fourth-order valence-corrected chi connectivity index (χ4v) is 4.61. The van der Waals surface area contributed by atoms with Gasteiger partial charge in [0, 0.05) is 18.7 Å². The molecule has 184 valence electrons. The smallest absolute Gasteiger partial charge is 0.243 e. The van der Waals surface area contributed by atoms with E-state index < -0.39 is 0 Å². The lowest BCUT2D eigenvalue weighted by molar-refractivity contribution is 0.217. The van der Waals surface area contributed by atoms with Gasteiger partial charge in [-0.2, -0.15) is 4.98 Å². The molecular weight excluding hydrogens is 470 g/mol. The van der Waals surface area contributed by atoms with Crippen molar-refractivity contribution in [1.82, 2.24) is 29.0 Å². The van der Waals surface area contributed by atoms with Gasteiger partial charge < -0.3 is 24.1 Å². The Morgan fingerprint density at radius 3 is 2.43 bits per heavy atom. The topological polar surface area (TPSA) is 91.0 Å². The molecule has 1 aliphatic rings. The summed E-state index contributed by atoms with van der Waals surface area (Å²) in [5.41, 5.74) is 2.72. The summed E-state index contributed by atoms with van der Waals surface area (Å²) < 4.78 is 20.1. The van der Waals surface area contributed by atoms with Crippen molar-refractivity contribution < 1.29 is 14.2 Å². The predicted molar refractivity (Wildman–Crippen MR) is 134 cm³/mol. The van der Waals surface area contributed by atoms with Gasteiger partial charge in [0.05, 0.1) is 38.9 Å². The monoisotopic (exact) mass is 497 g/mol. The zero-order chi connectivity index (χ0) is 24.4. The van der Waals surface area contributed by atoms with Crippen LogP contribution in [0, 0.1) is 0 Å². The molecule has 5 rings (SSSR count). The number of ether oxygens (including phenoxy) is 3. The second-order valence-electron chi connectivity index (χ2n) is 8.36. The molecule has 0 bridgehead atoms. The molecule has 0 saturated carbocycles. The first kappa shape index (κ1) is 23.3. The number of hydrogen-bond donors (Lipinski definition) is 1. The molecule has 0 spiro atoms. The minimum absolute atomic E-state index is 0.167. The molecule has 0 amide bonds. The number of methoxy groups -OCH3 is 3. The molecule has 1 fully saturated rings. The molecule has 1 aromatic carbocycles. The molecule has 1 aliphatic heterocycles. The van der Waals surface area contributed by atoms with Gasteiger partial charge in [-0.05, 0) is 49.7 Å². The Labute approximate surface area is 208 Å². The first-order chi connectivity index (χ1) is 17.1. The van der Waals surface area contributed by atoms with E-state index in [2.05, 4.69) is 31.3 Å². The first-order valence-electron chi connectivity index (χ1n) is 11.5. The third-order valence-electron chi connectivity index (χ3n) is 6.17. The van der Waals surface area contributed by atoms with Crippen LogP contribution in [-0.4, -0.2) is 63.5 Å². The van der Waals surface area contributed by atoms with Crippen LogP contribution in [0.15, 0.2) is 36.8 Å². The highest BCUT2D eigenvalue weighted by Gasteiger charge is 2.17. The number of nitrogens with one attached hydrogen (secondary N) is 1. The third-order valence-corrected chi connectivity index (χ3v) is 6.33. The molecule has 4 heterocycles. The number of piperidine rings is 1. The van der Waals surface area contributed by atoms with Crippen molar-refractivity contribution in [3.05, 3.63) is 47.8 Å². The lowest BCUT2D eigenvalue weighted by Crippen LogP contribution is -2.29. The van der Waals surface area contributed by atoms with E-state index >= 15 is 0 Å². The van der Waals surface area contributed by atoms with Crippen LogP contribution in [0.2, 0.25) is 5.28 Å². The number of nitrogens with zero attached hydrogens (tertiary/aromatic N) is 6. The molecule has 0 unspecified atom stereocenters. The van der Waals surface area contributed by atoms with Crippen LogP contribution >= 0.6 is 11.6 Å². The maximum atomic E-state index is 6.30. The number of hydrogen-bond acceptors (Lipinski definition) is 8. The summed E-state index contributed by atoms with van der Waals surface area (Å²) in [5.74, 6) is 2.84. The van der Waals surface area contributed by atoms with Crippen LogP contribution in [0.4, 0.5) is 11.6 Å². The quantitative estimate of drug-likeness (QED) is 0.385. The Bertz CT molecular complexity index is 1310. The van der Waals surface area contributed by atoms with E-state index in [9.17, 15) is 0 Å². The number of imidazole rings is 1. The van der Waals surface area contributed by atoms with E-state index in [0.29, 0.717) is 28.9 Å². The van der Waals surface area contributed by atoms with Gasteiger partial charge in [-0.15, -0.1) is 5.10 Å². The minimum atomic E-state index is 0.167. The van der Waals surface area contributed by atoms with Crippen molar-refractivity contribution in [2.45, 2.75) is 25.8 Å². The highest BCUT2D eigenvalue weighted by molar-refractivity contribution is 6.28. The number of likely N-dealkylation sites (tertiary alicyclic amines) is 1. The Morgan fingerprint density at radius 2 is 1.74 bits per heavy atom. The van der Waals surface area contributed by atoms with E-state index in [1.165, 1.54) is 19.3 Å². The molecule has 0 aliphatic carbocycles. The lowest BCUT2D eigenvalue weighted by atomic mass is 10.1. The van der Waals surface area contributed by atoms with Gasteiger partial charge in [0.15, 0.2) is 17.3 Å². The van der Waals surface area contributed by atoms with Crippen LogP contribution in [0.5, 0.6) is 17.2 Å². The SMILES string of the molecule is COc1cc(-n2cnc(Nc3nc(Cl)nn4c(CN5CCCCC5)ccc34)c2)cc(OC)c1OC. The molecule has 1 saturated heterocycles. The first-order valence-corrected chi connectivity index (χ1v) is 11.9. The van der Waals surface area contributed by atoms with Gasteiger partial charge in [-0.3, -0.25) is 4.90 Å². The van der Waals surface area contributed by atoms with Crippen LogP contribution in [0.3, 0.4) is 0 Å². The van der Waals surface area contributed by atoms with E-state index in [4.69, 9.17) is 25.8 Å². The van der Waals surface area contributed by atoms with Crippen molar-refractivity contribution in [2.24, 2.45) is 0 Å². The van der Waals surface area contributed by atoms with Gasteiger partial charge in [0.1, 0.15) is 17.7 Å². The van der Waals surface area contributed by atoms with Crippen molar-refractivity contribution >= 4 is 28.8 Å². The summed E-state index contributed by atoms with van der Waals surface area (Å²) in [6.45, 7) is 3.04. The summed E-state index contributed by atoms with van der Waals surface area (Å²) in [6, 6.07) is 7.79. The Hall–Kier alpha value is -3.50. The normalized spacial score (nSPS) is 14.3. The number of fused-ring (bicyclic) bond motifs is 1. The van der Waals surface area contributed by atoms with Crippen molar-refractivity contribution in [2.75, 3.05) is 39.7 Å². The highest BCUT2D eigenvalue weighted by Crippen LogP contribution is 2.39. The number of rotatable bonds is 8. The molecule has 0 atom stereocenters. The third kappa shape index (κ3) is 4.71. The Kier molecular flexibility index (Phi) is 6.65. The molecule has 11 heteroatoms. The largest absolute Gasteiger partial charge is 0.493 e. The van der Waals surface area contributed by atoms with Gasteiger partial charge in [0.2, 0.25) is 11.0 Å². The number of anilines is 2. The zero-order valence-electron chi connectivity index (χ0n) is 20.0. The highest BCUT2D eigenvalue weighted by atomic mass is 35.5. The van der Waals surface area contributed by atoms with Crippen LogP contribution in [0.25, 0.3) is 11.2 Å². The molecule has 3 aromatic heterocycles. The van der Waals surface area contributed by atoms with E-state index in [-0.39, 0.29) is 5.28 Å². The molecule has 10 nitrogen and oxygen atoms in total. The molecule has 1 N–H and O–H groups in total. The number of aromatic nitrogens is 5. The summed E-state index contributed by atoms with van der Waals surface area (Å²) in [4.78, 5) is 11.4. The van der Waals surface area contributed by atoms with Crippen LogP contribution in [0.1, 0.15) is 25.0 Å². The molecule has 4 aromatic rings. The predicted octanol–water partition coefficient (Wildman–Crippen LogP) is 4.32. The van der Waals surface area contributed by atoms with Gasteiger partial charge in [-0.1, -0.05) is 6.42 Å². The van der Waals surface area contributed by atoms with E-state index in [1.54, 1.807) is 27.7 Å². The minimum Gasteiger partial charge on any atom is -0.493 e. The van der Waals surface area contributed by atoms with E-state index in [0.717, 1.165) is 36.5 Å². The maximum Gasteiger partial charge on any atom is 0.243 e. The zero-order valence-corrected chi connectivity index (χ0v) is 20.7. The lowest BCUT2D eigenvalue weighted by Gasteiger charge is -2.26. The average molecular weight is 498 g/mol. The Morgan fingerprint density at radius 1 is 1.00 bits per heavy atom. The van der Waals surface area contributed by atoms with Gasteiger partial charge in [0.25, 0.3) is 0 Å². The van der Waals surface area contributed by atoms with Gasteiger partial charge in [-0.25, -0.2) is 9.50 Å². The summed E-state index contributed by atoms with van der Waals surface area (Å²) in [5, 5.41) is 7.90. The summed E-state index contributed by atoms with van der Waals surface area (Å²) in [6.07, 6.45) is 7.32. The fourth-order valence-electron chi connectivity index (χ4n) is 4.45. The Balaban J connectivity index is 1.42. The summed E-state index contributed by atoms with van der Waals surface area (Å²) >= 11 is 6.30.